The fourth-order valence-corrected chi connectivity index (χ4v) is 3.52. The predicted octanol–water partition coefficient (Wildman–Crippen LogP) is 0.714. The van der Waals surface area contributed by atoms with E-state index in [2.05, 4.69) is 5.32 Å². The Labute approximate surface area is 161 Å². The highest BCUT2D eigenvalue weighted by atomic mass is 16.6. The molecule has 3 rings (SSSR count). The maximum Gasteiger partial charge on any atom is 0.339 e. The predicted molar refractivity (Wildman–Crippen MR) is 96.6 cm³/mol. The van der Waals surface area contributed by atoms with E-state index in [1.807, 2.05) is 0 Å². The average molecular weight is 388 g/mol. The number of rotatable bonds is 5. The third kappa shape index (κ3) is 2.71. The molecule has 0 aliphatic carbocycles. The third-order valence-electron chi connectivity index (χ3n) is 4.64. The molecular formula is C19H20N2O7. The molecule has 1 unspecified atom stereocenters. The summed E-state index contributed by atoms with van der Waals surface area (Å²) in [7, 11) is 2.62. The number of methoxy groups -OCH3 is 2. The molecule has 0 saturated carbocycles. The van der Waals surface area contributed by atoms with Gasteiger partial charge in [0.15, 0.2) is 5.41 Å². The van der Waals surface area contributed by atoms with Crippen LogP contribution < -0.4 is 11.1 Å². The van der Waals surface area contributed by atoms with Gasteiger partial charge in [-0.25, -0.2) is 14.4 Å². The Kier molecular flexibility index (Phi) is 5.10. The van der Waals surface area contributed by atoms with E-state index in [4.69, 9.17) is 24.7 Å². The van der Waals surface area contributed by atoms with Gasteiger partial charge in [-0.05, 0) is 13.0 Å². The van der Waals surface area contributed by atoms with Crippen LogP contribution in [0, 0.1) is 0 Å². The number of cyclic esters (lactones) is 1. The summed E-state index contributed by atoms with van der Waals surface area (Å²) in [5.41, 5.74) is 4.64. The quantitative estimate of drug-likeness (QED) is 0.426. The molecule has 9 heteroatoms. The van der Waals surface area contributed by atoms with E-state index in [1.165, 1.54) is 14.0 Å². The van der Waals surface area contributed by atoms with Gasteiger partial charge in [0, 0.05) is 18.4 Å². The molecule has 0 fully saturated rings. The summed E-state index contributed by atoms with van der Waals surface area (Å²) in [6.45, 7) is 1.58. The first-order valence-corrected chi connectivity index (χ1v) is 8.44. The first kappa shape index (κ1) is 19.4. The van der Waals surface area contributed by atoms with Crippen LogP contribution in [0.25, 0.3) is 0 Å². The SMILES string of the molecule is COCCOC(=O)C1=C(C)OC(=O)C12C(C(=O)OC)=C(N)Nc1ccccc12. The molecule has 2 aliphatic rings. The molecule has 2 aliphatic heterocycles. The molecule has 148 valence electrons. The summed E-state index contributed by atoms with van der Waals surface area (Å²) in [5.74, 6) is -2.60. The maximum atomic E-state index is 13.1. The Hall–Kier alpha value is -3.33. The largest absolute Gasteiger partial charge is 0.466 e. The number of benzene rings is 1. The number of carbonyl (C=O) groups excluding carboxylic acids is 3. The number of para-hydroxylation sites is 1. The maximum absolute atomic E-state index is 13.1. The Morgan fingerprint density at radius 3 is 2.54 bits per heavy atom. The number of anilines is 1. The Morgan fingerprint density at radius 2 is 1.86 bits per heavy atom. The topological polar surface area (TPSA) is 126 Å². The molecule has 28 heavy (non-hydrogen) atoms. The second kappa shape index (κ2) is 7.35. The first-order chi connectivity index (χ1) is 13.4. The molecule has 1 atom stereocenters. The zero-order valence-corrected chi connectivity index (χ0v) is 15.7. The highest BCUT2D eigenvalue weighted by Gasteiger charge is 2.62. The van der Waals surface area contributed by atoms with Crippen LogP contribution in [0.15, 0.2) is 47.0 Å². The van der Waals surface area contributed by atoms with Crippen molar-refractivity contribution < 1.29 is 33.3 Å². The molecule has 9 nitrogen and oxygen atoms in total. The number of esters is 3. The van der Waals surface area contributed by atoms with Gasteiger partial charge in [0.25, 0.3) is 0 Å². The van der Waals surface area contributed by atoms with Crippen LogP contribution in [0.5, 0.6) is 0 Å². The lowest BCUT2D eigenvalue weighted by molar-refractivity contribution is -0.146. The molecular weight excluding hydrogens is 368 g/mol. The monoisotopic (exact) mass is 388 g/mol. The summed E-state index contributed by atoms with van der Waals surface area (Å²) in [6.07, 6.45) is 0. The van der Waals surface area contributed by atoms with Crippen LogP contribution >= 0.6 is 0 Å². The highest BCUT2D eigenvalue weighted by Crippen LogP contribution is 2.52. The number of fused-ring (bicyclic) bond motifs is 2. The van der Waals surface area contributed by atoms with Gasteiger partial charge in [0.05, 0.1) is 13.7 Å². The number of hydrogen-bond acceptors (Lipinski definition) is 9. The molecule has 1 aromatic rings. The number of hydrogen-bond donors (Lipinski definition) is 2. The number of carbonyl (C=O) groups is 3. The summed E-state index contributed by atoms with van der Waals surface area (Å²) in [4.78, 5) is 38.7. The van der Waals surface area contributed by atoms with Gasteiger partial charge in [-0.3, -0.25) is 0 Å². The number of nitrogens with two attached hydrogens (primary N) is 1. The molecule has 0 amide bonds. The molecule has 0 saturated heterocycles. The van der Waals surface area contributed by atoms with Crippen molar-refractivity contribution in [2.75, 3.05) is 32.8 Å². The minimum Gasteiger partial charge on any atom is -0.466 e. The lowest BCUT2D eigenvalue weighted by Gasteiger charge is -2.35. The van der Waals surface area contributed by atoms with Gasteiger partial charge in [0.2, 0.25) is 0 Å². The number of nitrogens with one attached hydrogen (secondary N) is 1. The standard InChI is InChI=1S/C19H20N2O7/c1-10-13(17(23)27-9-8-25-2)19(18(24)28-10)11-6-4-5-7-12(11)21-15(20)14(19)16(22)26-3/h4-7,21H,8-9,20H2,1-3H3. The Bertz CT molecular complexity index is 919. The van der Waals surface area contributed by atoms with Gasteiger partial charge in [-0.1, -0.05) is 18.2 Å². The highest BCUT2D eigenvalue weighted by molar-refractivity contribution is 6.15. The molecule has 0 bridgehead atoms. The first-order valence-electron chi connectivity index (χ1n) is 8.44. The van der Waals surface area contributed by atoms with Crippen LogP contribution in [0.3, 0.4) is 0 Å². The summed E-state index contributed by atoms with van der Waals surface area (Å²) in [5, 5.41) is 2.88. The van der Waals surface area contributed by atoms with Crippen molar-refractivity contribution >= 4 is 23.6 Å². The number of allylic oxidation sites excluding steroid dienone is 1. The second-order valence-corrected chi connectivity index (χ2v) is 6.15. The van der Waals surface area contributed by atoms with E-state index >= 15 is 0 Å². The zero-order valence-electron chi connectivity index (χ0n) is 15.7. The van der Waals surface area contributed by atoms with Crippen molar-refractivity contribution in [2.24, 2.45) is 5.73 Å². The van der Waals surface area contributed by atoms with Crippen LogP contribution in [-0.2, 0) is 38.7 Å². The lowest BCUT2D eigenvalue weighted by Crippen LogP contribution is -2.47. The van der Waals surface area contributed by atoms with Gasteiger partial charge in [-0.2, -0.15) is 0 Å². The van der Waals surface area contributed by atoms with E-state index in [0.717, 1.165) is 7.11 Å². The molecule has 2 heterocycles. The van der Waals surface area contributed by atoms with Crippen LogP contribution in [-0.4, -0.2) is 45.3 Å². The molecule has 0 radical (unpaired) electrons. The fourth-order valence-electron chi connectivity index (χ4n) is 3.52. The minimum atomic E-state index is -1.90. The lowest BCUT2D eigenvalue weighted by atomic mass is 9.67. The van der Waals surface area contributed by atoms with Gasteiger partial charge in [-0.15, -0.1) is 0 Å². The second-order valence-electron chi connectivity index (χ2n) is 6.15. The van der Waals surface area contributed by atoms with Crippen LogP contribution in [0.4, 0.5) is 5.69 Å². The molecule has 1 aromatic carbocycles. The smallest absolute Gasteiger partial charge is 0.339 e. The van der Waals surface area contributed by atoms with E-state index in [1.54, 1.807) is 24.3 Å². The van der Waals surface area contributed by atoms with Crippen LogP contribution in [0.2, 0.25) is 0 Å². The molecule has 1 spiro atoms. The van der Waals surface area contributed by atoms with Crippen molar-refractivity contribution in [3.63, 3.8) is 0 Å². The summed E-state index contributed by atoms with van der Waals surface area (Å²) in [6, 6.07) is 6.68. The minimum absolute atomic E-state index is 0.0262. The number of ether oxygens (including phenoxy) is 4. The molecule has 0 aromatic heterocycles. The van der Waals surface area contributed by atoms with Gasteiger partial charge < -0.3 is 30.0 Å². The van der Waals surface area contributed by atoms with Crippen molar-refractivity contribution in [3.05, 3.63) is 52.6 Å². The Balaban J connectivity index is 2.27. The van der Waals surface area contributed by atoms with Crippen molar-refractivity contribution in [1.82, 2.24) is 0 Å². The average Bonchev–Trinajstić information content (AvgIpc) is 2.92. The Morgan fingerprint density at radius 1 is 1.14 bits per heavy atom. The normalized spacial score (nSPS) is 20.6. The fraction of sp³-hybridized carbons (Fsp3) is 0.316. The zero-order chi connectivity index (χ0) is 20.5. The van der Waals surface area contributed by atoms with Gasteiger partial charge >= 0.3 is 17.9 Å². The van der Waals surface area contributed by atoms with Gasteiger partial charge in [0.1, 0.15) is 29.3 Å². The van der Waals surface area contributed by atoms with Crippen LogP contribution in [0.1, 0.15) is 12.5 Å². The van der Waals surface area contributed by atoms with Crippen molar-refractivity contribution in [3.8, 4) is 0 Å². The third-order valence-corrected chi connectivity index (χ3v) is 4.64. The van der Waals surface area contributed by atoms with E-state index in [0.29, 0.717) is 11.3 Å². The summed E-state index contributed by atoms with van der Waals surface area (Å²) >= 11 is 0. The van der Waals surface area contributed by atoms with E-state index in [9.17, 15) is 14.4 Å². The van der Waals surface area contributed by atoms with Crippen molar-refractivity contribution in [2.45, 2.75) is 12.3 Å². The van der Waals surface area contributed by atoms with Crippen molar-refractivity contribution in [1.29, 1.82) is 0 Å². The molecule has 3 N–H and O–H groups in total. The van der Waals surface area contributed by atoms with E-state index < -0.39 is 23.3 Å². The van der Waals surface area contributed by atoms with E-state index in [-0.39, 0.29) is 35.9 Å². The summed E-state index contributed by atoms with van der Waals surface area (Å²) < 4.78 is 20.3.